The number of rotatable bonds is 14. The highest BCUT2D eigenvalue weighted by molar-refractivity contribution is 5.88. The second-order valence-electron chi connectivity index (χ2n) is 22.6. The third kappa shape index (κ3) is 17.0. The molecule has 0 aromatic heterocycles. The second kappa shape index (κ2) is 28.9. The lowest BCUT2D eigenvalue weighted by Gasteiger charge is -2.51. The fourth-order valence-electron chi connectivity index (χ4n) is 11.4. The van der Waals surface area contributed by atoms with Gasteiger partial charge in [-0.2, -0.15) is 0 Å². The van der Waals surface area contributed by atoms with Gasteiger partial charge in [0.15, 0.2) is 18.9 Å². The molecule has 0 aromatic rings. The van der Waals surface area contributed by atoms with Gasteiger partial charge in [-0.15, -0.1) is 0 Å². The molecular weight excluding hydrogens is 1000 g/mol. The van der Waals surface area contributed by atoms with Gasteiger partial charge in [-0.05, 0) is 80.7 Å². The molecule has 0 unspecified atom stereocenters. The molecule has 5 aliphatic heterocycles. The summed E-state index contributed by atoms with van der Waals surface area (Å²) in [5.74, 6) is -5.15. The van der Waals surface area contributed by atoms with Gasteiger partial charge in [-0.3, -0.25) is 0 Å². The normalized spacial score (nSPS) is 45.2. The Labute approximate surface area is 455 Å². The summed E-state index contributed by atoms with van der Waals surface area (Å²) in [7, 11) is 4.46. The van der Waals surface area contributed by atoms with Crippen LogP contribution in [-0.2, 0) is 56.9 Å². The van der Waals surface area contributed by atoms with Crippen LogP contribution in [-0.4, -0.2) is 203 Å². The monoisotopic (exact) mass is 1100 g/mol. The number of cyclic esters (lactones) is 1. The van der Waals surface area contributed by atoms with Gasteiger partial charge in [-0.25, -0.2) is 4.79 Å². The Balaban J connectivity index is 1.35. The highest BCUT2D eigenvalue weighted by Gasteiger charge is 2.57. The summed E-state index contributed by atoms with van der Waals surface area (Å²) in [6, 6.07) is 0. The predicted octanol–water partition coefficient (Wildman–Crippen LogP) is 3.96. The summed E-state index contributed by atoms with van der Waals surface area (Å²) in [5.41, 5.74) is 1.19. The highest BCUT2D eigenvalue weighted by atomic mass is 16.7. The fraction of sp³-hybridized carbons (Fsp3) is 0.807. The molecule has 20 heteroatoms. The molecule has 0 aliphatic carbocycles. The van der Waals surface area contributed by atoms with Gasteiger partial charge in [0.05, 0.1) is 67.1 Å². The molecular formula is C57H94O20. The van der Waals surface area contributed by atoms with Crippen LogP contribution in [0.5, 0.6) is 0 Å². The second-order valence-corrected chi connectivity index (χ2v) is 22.6. The van der Waals surface area contributed by atoms with Crippen LogP contribution in [0.1, 0.15) is 121 Å². The van der Waals surface area contributed by atoms with Crippen LogP contribution in [0, 0.1) is 17.8 Å². The number of hydrogen-bond donors (Lipinski definition) is 8. The van der Waals surface area contributed by atoms with Crippen molar-refractivity contribution < 1.29 is 97.8 Å². The Bertz CT molecular complexity index is 2010. The van der Waals surface area contributed by atoms with E-state index < -0.39 is 146 Å². The Morgan fingerprint density at radius 2 is 1.47 bits per heavy atom. The number of carbonyl (C=O) groups excluding carboxylic acids is 1. The van der Waals surface area contributed by atoms with Crippen molar-refractivity contribution in [3.05, 3.63) is 58.7 Å². The first-order chi connectivity index (χ1) is 36.1. The van der Waals surface area contributed by atoms with Gasteiger partial charge in [0.1, 0.15) is 42.7 Å². The van der Waals surface area contributed by atoms with Gasteiger partial charge in [0.2, 0.25) is 5.79 Å². The summed E-state index contributed by atoms with van der Waals surface area (Å²) >= 11 is 0. The summed E-state index contributed by atoms with van der Waals surface area (Å²) in [4.78, 5) is 14.1. The van der Waals surface area contributed by atoms with E-state index in [1.165, 1.54) is 21.3 Å². The van der Waals surface area contributed by atoms with Gasteiger partial charge in [0, 0.05) is 70.3 Å². The van der Waals surface area contributed by atoms with E-state index in [0.29, 0.717) is 24.8 Å². The van der Waals surface area contributed by atoms with Crippen molar-refractivity contribution in [2.24, 2.45) is 17.8 Å². The lowest BCUT2D eigenvalue weighted by Crippen LogP contribution is -2.65. The molecule has 5 rings (SSSR count). The lowest BCUT2D eigenvalue weighted by molar-refractivity contribution is -0.365. The third-order valence-corrected chi connectivity index (χ3v) is 16.0. The molecule has 0 radical (unpaired) electrons. The van der Waals surface area contributed by atoms with E-state index in [0.717, 1.165) is 11.1 Å². The largest absolute Gasteiger partial charge is 0.456 e. The molecule has 0 amide bonds. The van der Waals surface area contributed by atoms with Crippen LogP contribution in [0.15, 0.2) is 58.7 Å². The third-order valence-electron chi connectivity index (χ3n) is 16.0. The molecule has 0 spiro atoms. The van der Waals surface area contributed by atoms with E-state index in [1.54, 1.807) is 54.5 Å². The van der Waals surface area contributed by atoms with E-state index in [-0.39, 0.29) is 43.8 Å². The van der Waals surface area contributed by atoms with Gasteiger partial charge < -0.3 is 93.0 Å². The van der Waals surface area contributed by atoms with E-state index in [9.17, 15) is 45.6 Å². The van der Waals surface area contributed by atoms with E-state index in [1.807, 2.05) is 52.0 Å². The first kappa shape index (κ1) is 65.3. The number of methoxy groups -OCH3 is 3. The first-order valence-corrected chi connectivity index (χ1v) is 27.4. The molecule has 5 heterocycles. The van der Waals surface area contributed by atoms with Gasteiger partial charge in [-0.1, -0.05) is 67.9 Å². The molecule has 5 aliphatic rings. The lowest BCUT2D eigenvalue weighted by atomic mass is 9.76. The summed E-state index contributed by atoms with van der Waals surface area (Å²) in [6.07, 6.45) is -5.52. The fourth-order valence-corrected chi connectivity index (χ4v) is 11.4. The zero-order chi connectivity index (χ0) is 57.3. The number of esters is 1. The number of aliphatic hydroxyl groups excluding tert-OH is 6. The van der Waals surface area contributed by atoms with Gasteiger partial charge >= 0.3 is 5.97 Å². The minimum Gasteiger partial charge on any atom is -0.456 e. The van der Waals surface area contributed by atoms with Crippen LogP contribution in [0.2, 0.25) is 0 Å². The van der Waals surface area contributed by atoms with Crippen molar-refractivity contribution in [2.75, 3.05) is 27.9 Å². The molecule has 442 valence electrons. The van der Waals surface area contributed by atoms with Crippen molar-refractivity contribution in [1.29, 1.82) is 0 Å². The topological polar surface area (TPSA) is 280 Å². The van der Waals surface area contributed by atoms with E-state index in [4.69, 9.17) is 52.1 Å². The van der Waals surface area contributed by atoms with Crippen LogP contribution >= 0.6 is 0 Å². The molecule has 8 N–H and O–H groups in total. The SMILES string of the molecule is COC[C@@H](C[C@H]1O[C@@](O)([C@H](O)[C@@H]2C[C@H](OC)CCCC=C(C)/C=C/[C@@H](O[C@@H]3O[C@@H](C)[C@H](OC)[C@@H](O)[C@@H]3O)[C@H](C)C=C(C)/C=C(C)/C=C(\C)C(=O)O2)[C@H](C)[C@@H](O)[C@H]1C)O[C@H]1C[C@](C)(O)[C@@H](O[C@H]2C[C@@H](O)[C@H](O)[C@@H](C)O2)[C@H](C)O1. The van der Waals surface area contributed by atoms with Gasteiger partial charge in [0.25, 0.3) is 0 Å². The van der Waals surface area contributed by atoms with Crippen LogP contribution in [0.4, 0.5) is 0 Å². The van der Waals surface area contributed by atoms with Crippen molar-refractivity contribution in [2.45, 2.75) is 249 Å². The maximum absolute atomic E-state index is 14.1. The smallest absolute Gasteiger partial charge is 0.334 e. The van der Waals surface area contributed by atoms with E-state index in [2.05, 4.69) is 6.08 Å². The molecule has 20 nitrogen and oxygen atoms in total. The zero-order valence-corrected chi connectivity index (χ0v) is 47.8. The molecule has 77 heavy (non-hydrogen) atoms. The number of ether oxygens (including phenoxy) is 11. The van der Waals surface area contributed by atoms with Crippen molar-refractivity contribution in [1.82, 2.24) is 0 Å². The maximum atomic E-state index is 14.1. The maximum Gasteiger partial charge on any atom is 0.334 e. The molecule has 24 atom stereocenters. The average molecular weight is 1100 g/mol. The Hall–Kier alpha value is -2.55. The number of hydrogen-bond acceptors (Lipinski definition) is 20. The summed E-state index contributed by atoms with van der Waals surface area (Å²) in [5, 5.41) is 90.8. The van der Waals surface area contributed by atoms with Crippen LogP contribution in [0.3, 0.4) is 0 Å². The zero-order valence-electron chi connectivity index (χ0n) is 47.8. The minimum absolute atomic E-state index is 0.00101. The molecule has 0 bridgehead atoms. The summed E-state index contributed by atoms with van der Waals surface area (Å²) in [6.45, 7) is 19.3. The predicted molar refractivity (Wildman–Crippen MR) is 281 cm³/mol. The molecule has 0 aromatic carbocycles. The number of allylic oxidation sites excluding steroid dienone is 7. The molecule has 0 saturated carbocycles. The standard InChI is InChI=1S/C57H94O20/c1-29-17-15-16-18-39(68-13)24-44(74-54(64)33(5)23-31(3)21-30(2)22-32(4)42(20-19-29)75-55-50(62)49(61)51(69-14)37(9)72-55)52(63)57(66)35(7)47(59)34(6)43(77-57)25-40(28-67-12)73-46-27-56(11,65)53(38(10)71-46)76-45-26-41(58)48(60)36(8)70-45/h17,19-23,32,34-53,55,58-63,65-66H,15-16,18,24-28H2,1-14H3/b20-19+,29-17?,30-22?,31-21+,33-23+/t32-,34+,35-,36-,37+,38+,39-,40-,41-,42-,43-,44+,45+,46+,47+,48-,49+,50+,51+,52-,53+,55+,56+,57-/m1/s1. The van der Waals surface area contributed by atoms with Crippen LogP contribution in [0.25, 0.3) is 0 Å². The van der Waals surface area contributed by atoms with Crippen molar-refractivity contribution >= 4 is 5.97 Å². The molecule has 4 fully saturated rings. The number of carbonyl (C=O) groups is 1. The summed E-state index contributed by atoms with van der Waals surface area (Å²) < 4.78 is 66.5. The van der Waals surface area contributed by atoms with Crippen LogP contribution < -0.4 is 0 Å². The first-order valence-electron chi connectivity index (χ1n) is 27.4. The Morgan fingerprint density at radius 1 is 0.779 bits per heavy atom. The quantitative estimate of drug-likeness (QED) is 0.114. The van der Waals surface area contributed by atoms with Crippen molar-refractivity contribution in [3.63, 3.8) is 0 Å². The number of aliphatic hydroxyl groups is 8. The minimum atomic E-state index is -2.46. The Morgan fingerprint density at radius 3 is 2.10 bits per heavy atom. The average Bonchev–Trinajstić information content (AvgIpc) is 3.35. The molecule has 4 saturated heterocycles. The van der Waals surface area contributed by atoms with E-state index >= 15 is 0 Å². The Kier molecular flexibility index (Phi) is 24.5. The van der Waals surface area contributed by atoms with Crippen molar-refractivity contribution in [3.8, 4) is 0 Å². The highest BCUT2D eigenvalue weighted by Crippen LogP contribution is 2.43.